The second kappa shape index (κ2) is 7.27. The molecule has 2 aromatic rings. The molecule has 22 heavy (non-hydrogen) atoms. The van der Waals surface area contributed by atoms with Gasteiger partial charge < -0.3 is 0 Å². The van der Waals surface area contributed by atoms with E-state index in [1.54, 1.807) is 0 Å². The van der Waals surface area contributed by atoms with Crippen molar-refractivity contribution in [3.63, 3.8) is 0 Å². The fourth-order valence-electron chi connectivity index (χ4n) is 3.45. The van der Waals surface area contributed by atoms with Gasteiger partial charge in [0.25, 0.3) is 0 Å². The molecule has 0 spiro atoms. The summed E-state index contributed by atoms with van der Waals surface area (Å²) in [4.78, 5) is 0. The quantitative estimate of drug-likeness (QED) is 0.704. The van der Waals surface area contributed by atoms with Crippen LogP contribution in [-0.4, -0.2) is 0 Å². The Morgan fingerprint density at radius 2 is 1.41 bits per heavy atom. The van der Waals surface area contributed by atoms with Crippen LogP contribution in [-0.2, 0) is 6.42 Å². The molecular weight excluding hydrogens is 266 g/mol. The third-order valence-electron chi connectivity index (χ3n) is 4.87. The number of nitriles is 1. The van der Waals surface area contributed by atoms with Gasteiger partial charge in [-0.1, -0.05) is 68.5 Å². The summed E-state index contributed by atoms with van der Waals surface area (Å²) >= 11 is 0. The lowest BCUT2D eigenvalue weighted by atomic mass is 9.85. The first-order chi connectivity index (χ1) is 10.8. The Balaban J connectivity index is 1.60. The summed E-state index contributed by atoms with van der Waals surface area (Å²) in [6.45, 7) is 0. The van der Waals surface area contributed by atoms with Crippen molar-refractivity contribution in [3.05, 3.63) is 59.7 Å². The van der Waals surface area contributed by atoms with E-state index < -0.39 is 0 Å². The highest BCUT2D eigenvalue weighted by atomic mass is 14.2. The van der Waals surface area contributed by atoms with Gasteiger partial charge in [-0.3, -0.25) is 0 Å². The minimum absolute atomic E-state index is 0.716. The molecule has 1 saturated carbocycles. The van der Waals surface area contributed by atoms with Crippen LogP contribution in [0.1, 0.15) is 49.7 Å². The van der Waals surface area contributed by atoms with Crippen LogP contribution in [0.4, 0.5) is 0 Å². The summed E-state index contributed by atoms with van der Waals surface area (Å²) in [6, 6.07) is 18.9. The van der Waals surface area contributed by atoms with E-state index in [0.29, 0.717) is 5.56 Å². The van der Waals surface area contributed by atoms with E-state index in [0.717, 1.165) is 5.92 Å². The Morgan fingerprint density at radius 3 is 2.00 bits per heavy atom. The van der Waals surface area contributed by atoms with Crippen LogP contribution in [0.3, 0.4) is 0 Å². The predicted molar refractivity (Wildman–Crippen MR) is 91.5 cm³/mol. The van der Waals surface area contributed by atoms with Crippen LogP contribution in [0, 0.1) is 17.2 Å². The predicted octanol–water partition coefficient (Wildman–Crippen LogP) is 5.74. The second-order valence-electron chi connectivity index (χ2n) is 6.43. The maximum Gasteiger partial charge on any atom is 0.0991 e. The number of nitrogens with zero attached hydrogens (tertiary/aromatic N) is 1. The van der Waals surface area contributed by atoms with E-state index in [1.165, 1.54) is 61.6 Å². The zero-order valence-electron chi connectivity index (χ0n) is 13.1. The summed E-state index contributed by atoms with van der Waals surface area (Å²) in [5.74, 6) is 0.951. The number of hydrogen-bond acceptors (Lipinski definition) is 1. The molecule has 0 atom stereocenters. The van der Waals surface area contributed by atoms with Crippen molar-refractivity contribution in [2.45, 2.75) is 44.9 Å². The van der Waals surface area contributed by atoms with E-state index in [2.05, 4.69) is 30.3 Å². The Labute approximate surface area is 133 Å². The molecule has 0 N–H and O–H groups in total. The smallest absolute Gasteiger partial charge is 0.0991 e. The van der Waals surface area contributed by atoms with Crippen LogP contribution in [0.25, 0.3) is 11.1 Å². The molecule has 0 saturated heterocycles. The van der Waals surface area contributed by atoms with Gasteiger partial charge in [-0.05, 0) is 47.6 Å². The normalized spacial score (nSPS) is 15.4. The van der Waals surface area contributed by atoms with Gasteiger partial charge in [0.1, 0.15) is 0 Å². The average molecular weight is 289 g/mol. The number of hydrogen-bond donors (Lipinski definition) is 0. The van der Waals surface area contributed by atoms with Crippen molar-refractivity contribution in [1.29, 1.82) is 5.26 Å². The van der Waals surface area contributed by atoms with E-state index in [9.17, 15) is 0 Å². The minimum atomic E-state index is 0.716. The first kappa shape index (κ1) is 14.9. The van der Waals surface area contributed by atoms with Gasteiger partial charge in [-0.2, -0.15) is 5.26 Å². The van der Waals surface area contributed by atoms with Crippen molar-refractivity contribution in [2.75, 3.05) is 0 Å². The van der Waals surface area contributed by atoms with Crippen molar-refractivity contribution in [2.24, 2.45) is 5.92 Å². The molecule has 112 valence electrons. The Morgan fingerprint density at radius 1 is 0.818 bits per heavy atom. The Kier molecular flexibility index (Phi) is 4.91. The fourth-order valence-corrected chi connectivity index (χ4v) is 3.45. The van der Waals surface area contributed by atoms with E-state index in [4.69, 9.17) is 5.26 Å². The van der Waals surface area contributed by atoms with E-state index in [1.807, 2.05) is 24.3 Å². The largest absolute Gasteiger partial charge is 0.192 e. The van der Waals surface area contributed by atoms with Crippen molar-refractivity contribution in [3.8, 4) is 17.2 Å². The van der Waals surface area contributed by atoms with Gasteiger partial charge in [0.05, 0.1) is 11.6 Å². The molecular formula is C21H23N. The average Bonchev–Trinajstić information content (AvgIpc) is 2.61. The van der Waals surface area contributed by atoms with Crippen molar-refractivity contribution in [1.82, 2.24) is 0 Å². The molecule has 0 unspecified atom stereocenters. The first-order valence-corrected chi connectivity index (χ1v) is 8.44. The van der Waals surface area contributed by atoms with Gasteiger partial charge in [0.15, 0.2) is 0 Å². The van der Waals surface area contributed by atoms with Crippen LogP contribution in [0.2, 0.25) is 0 Å². The lowest BCUT2D eigenvalue weighted by Gasteiger charge is -2.21. The van der Waals surface area contributed by atoms with Crippen LogP contribution >= 0.6 is 0 Å². The highest BCUT2D eigenvalue weighted by Crippen LogP contribution is 2.28. The molecule has 2 aromatic carbocycles. The van der Waals surface area contributed by atoms with Crippen LogP contribution in [0.5, 0.6) is 0 Å². The lowest BCUT2D eigenvalue weighted by Crippen LogP contribution is -2.07. The zero-order valence-corrected chi connectivity index (χ0v) is 13.1. The molecule has 0 aliphatic heterocycles. The number of aryl methyl sites for hydroxylation is 1. The summed E-state index contributed by atoms with van der Waals surface area (Å²) < 4.78 is 0. The third kappa shape index (κ3) is 3.77. The fraction of sp³-hybridized carbons (Fsp3) is 0.381. The third-order valence-corrected chi connectivity index (χ3v) is 4.87. The van der Waals surface area contributed by atoms with Crippen molar-refractivity contribution < 1.29 is 0 Å². The standard InChI is InChI=1S/C21H23N/c22-16-19-10-14-21(15-11-19)20-12-8-18(9-13-20)7-6-17-4-2-1-3-5-17/h8-15,17H,1-7H2. The lowest BCUT2D eigenvalue weighted by molar-refractivity contribution is 0.339. The molecule has 1 fully saturated rings. The first-order valence-electron chi connectivity index (χ1n) is 8.44. The topological polar surface area (TPSA) is 23.8 Å². The van der Waals surface area contributed by atoms with Gasteiger partial charge in [-0.15, -0.1) is 0 Å². The molecule has 3 rings (SSSR count). The van der Waals surface area contributed by atoms with E-state index >= 15 is 0 Å². The molecule has 0 heterocycles. The highest BCUT2D eigenvalue weighted by Gasteiger charge is 2.12. The molecule has 0 bridgehead atoms. The maximum atomic E-state index is 8.85. The molecule has 1 nitrogen and oxygen atoms in total. The summed E-state index contributed by atoms with van der Waals surface area (Å²) in [7, 11) is 0. The molecule has 1 aliphatic carbocycles. The highest BCUT2D eigenvalue weighted by molar-refractivity contribution is 5.64. The monoisotopic (exact) mass is 289 g/mol. The summed E-state index contributed by atoms with van der Waals surface area (Å²) in [5, 5.41) is 8.85. The summed E-state index contributed by atoms with van der Waals surface area (Å²) in [5.41, 5.74) is 4.57. The SMILES string of the molecule is N#Cc1ccc(-c2ccc(CCC3CCCCC3)cc2)cc1. The van der Waals surface area contributed by atoms with Crippen LogP contribution < -0.4 is 0 Å². The Hall–Kier alpha value is -2.07. The van der Waals surface area contributed by atoms with Gasteiger partial charge in [-0.25, -0.2) is 0 Å². The van der Waals surface area contributed by atoms with E-state index in [-0.39, 0.29) is 0 Å². The number of benzene rings is 2. The molecule has 0 aromatic heterocycles. The Bertz CT molecular complexity index is 625. The van der Waals surface area contributed by atoms with Gasteiger partial charge in [0.2, 0.25) is 0 Å². The zero-order chi connectivity index (χ0) is 15.2. The van der Waals surface area contributed by atoms with Gasteiger partial charge in [0, 0.05) is 0 Å². The number of rotatable bonds is 4. The maximum absolute atomic E-state index is 8.85. The second-order valence-corrected chi connectivity index (χ2v) is 6.43. The van der Waals surface area contributed by atoms with Gasteiger partial charge >= 0.3 is 0 Å². The van der Waals surface area contributed by atoms with Crippen molar-refractivity contribution >= 4 is 0 Å². The van der Waals surface area contributed by atoms with Crippen LogP contribution in [0.15, 0.2) is 48.5 Å². The molecule has 1 aliphatic rings. The minimum Gasteiger partial charge on any atom is -0.192 e. The summed E-state index contributed by atoms with van der Waals surface area (Å²) in [6.07, 6.45) is 9.72. The molecule has 0 amide bonds. The molecule has 1 heteroatoms. The molecule has 0 radical (unpaired) electrons.